The van der Waals surface area contributed by atoms with E-state index in [0.717, 1.165) is 17.0 Å². The van der Waals surface area contributed by atoms with Crippen LogP contribution in [0.25, 0.3) is 0 Å². The minimum Gasteiger partial charge on any atom is -0.378 e. The van der Waals surface area contributed by atoms with Gasteiger partial charge in [-0.3, -0.25) is 14.7 Å². The number of aromatic amines is 1. The lowest BCUT2D eigenvalue weighted by atomic mass is 9.95. The molecule has 29 heavy (non-hydrogen) atoms. The molecule has 0 unspecified atom stereocenters. The van der Waals surface area contributed by atoms with Crippen molar-refractivity contribution in [2.24, 2.45) is 5.92 Å². The summed E-state index contributed by atoms with van der Waals surface area (Å²) in [7, 11) is 3.36. The molecule has 2 heterocycles. The van der Waals surface area contributed by atoms with Crippen LogP contribution >= 0.6 is 0 Å². The highest BCUT2D eigenvalue weighted by atomic mass is 19.1. The van der Waals surface area contributed by atoms with E-state index < -0.39 is 0 Å². The third kappa shape index (κ3) is 5.63. The van der Waals surface area contributed by atoms with Gasteiger partial charge in [0.2, 0.25) is 11.8 Å². The topological polar surface area (TPSA) is 78.5 Å². The first-order valence-electron chi connectivity index (χ1n) is 9.75. The normalized spacial score (nSPS) is 16.9. The highest BCUT2D eigenvalue weighted by Gasteiger charge is 2.31. The summed E-state index contributed by atoms with van der Waals surface area (Å²) < 4.78 is 18.4. The largest absolute Gasteiger partial charge is 0.378 e. The highest BCUT2D eigenvalue weighted by molar-refractivity contribution is 5.83. The quantitative estimate of drug-likeness (QED) is 0.734. The van der Waals surface area contributed by atoms with Gasteiger partial charge in [0, 0.05) is 33.7 Å². The van der Waals surface area contributed by atoms with Crippen LogP contribution in [0, 0.1) is 11.7 Å². The van der Waals surface area contributed by atoms with Crippen molar-refractivity contribution in [2.75, 3.05) is 27.2 Å². The molecule has 0 bridgehead atoms. The van der Waals surface area contributed by atoms with Gasteiger partial charge in [-0.2, -0.15) is 5.10 Å². The second kappa shape index (κ2) is 9.65. The van der Waals surface area contributed by atoms with Gasteiger partial charge in [0.25, 0.3) is 0 Å². The van der Waals surface area contributed by atoms with Crippen molar-refractivity contribution < 1.29 is 18.7 Å². The molecule has 1 atom stereocenters. The number of amides is 2. The molecule has 0 aliphatic carbocycles. The Hall–Kier alpha value is -2.74. The van der Waals surface area contributed by atoms with Gasteiger partial charge >= 0.3 is 0 Å². The van der Waals surface area contributed by atoms with E-state index in [1.54, 1.807) is 30.0 Å². The van der Waals surface area contributed by atoms with Crippen LogP contribution < -0.4 is 0 Å². The number of nitrogens with one attached hydrogen (secondary N) is 1. The molecule has 1 fully saturated rings. The number of hydrogen-bond acceptors (Lipinski definition) is 4. The monoisotopic (exact) mass is 402 g/mol. The lowest BCUT2D eigenvalue weighted by molar-refractivity contribution is -0.142. The number of hydrogen-bond donors (Lipinski definition) is 1. The third-order valence-corrected chi connectivity index (χ3v) is 5.17. The Morgan fingerprint density at radius 1 is 1.41 bits per heavy atom. The number of carbonyl (C=O) groups excluding carboxylic acids is 2. The average Bonchev–Trinajstić information content (AvgIpc) is 3.14. The number of H-pyrrole nitrogens is 1. The van der Waals surface area contributed by atoms with E-state index in [9.17, 15) is 14.0 Å². The zero-order chi connectivity index (χ0) is 20.8. The van der Waals surface area contributed by atoms with E-state index >= 15 is 0 Å². The Morgan fingerprint density at radius 2 is 2.24 bits per heavy atom. The summed E-state index contributed by atoms with van der Waals surface area (Å²) in [4.78, 5) is 28.5. The number of rotatable bonds is 8. The number of methoxy groups -OCH3 is 1. The molecule has 3 rings (SSSR count). The number of likely N-dealkylation sites (tertiary alicyclic amines) is 1. The summed E-state index contributed by atoms with van der Waals surface area (Å²) in [5.41, 5.74) is 2.47. The second-order valence-electron chi connectivity index (χ2n) is 7.47. The van der Waals surface area contributed by atoms with Crippen LogP contribution in [0.1, 0.15) is 29.8 Å². The standard InChI is InChI=1S/C21H27FN4O3/c1-25(13-18-11-19(14-29-2)24-23-18)21(28)16-6-7-20(27)26(12-16)9-8-15-4-3-5-17(22)10-15/h3-5,10-11,16H,6-9,12-14H2,1-2H3,(H,23,24)/t16-/m1/s1. The van der Waals surface area contributed by atoms with Gasteiger partial charge in [-0.15, -0.1) is 0 Å². The van der Waals surface area contributed by atoms with Crippen LogP contribution in [-0.2, 0) is 33.9 Å². The van der Waals surface area contributed by atoms with Gasteiger partial charge in [-0.25, -0.2) is 4.39 Å². The number of ether oxygens (including phenoxy) is 1. The van der Waals surface area contributed by atoms with Gasteiger partial charge < -0.3 is 14.5 Å². The van der Waals surface area contributed by atoms with Gasteiger partial charge in [-0.1, -0.05) is 12.1 Å². The van der Waals surface area contributed by atoms with Crippen LogP contribution in [0.2, 0.25) is 0 Å². The van der Waals surface area contributed by atoms with Crippen molar-refractivity contribution >= 4 is 11.8 Å². The fourth-order valence-corrected chi connectivity index (χ4v) is 3.65. The van der Waals surface area contributed by atoms with E-state index in [0.29, 0.717) is 45.5 Å². The molecular weight excluding hydrogens is 375 g/mol. The molecule has 7 nitrogen and oxygen atoms in total. The van der Waals surface area contributed by atoms with Crippen LogP contribution in [0.3, 0.4) is 0 Å². The van der Waals surface area contributed by atoms with Crippen LogP contribution in [0.4, 0.5) is 4.39 Å². The lowest BCUT2D eigenvalue weighted by Gasteiger charge is -2.33. The summed E-state index contributed by atoms with van der Waals surface area (Å²) in [6, 6.07) is 8.27. The van der Waals surface area contributed by atoms with Crippen molar-refractivity contribution in [1.82, 2.24) is 20.0 Å². The summed E-state index contributed by atoms with van der Waals surface area (Å²) in [5.74, 6) is -0.455. The summed E-state index contributed by atoms with van der Waals surface area (Å²) in [6.45, 7) is 1.72. The predicted octanol–water partition coefficient (Wildman–Crippen LogP) is 2.13. The maximum Gasteiger partial charge on any atom is 0.227 e. The Bertz CT molecular complexity index is 854. The number of halogens is 1. The highest BCUT2D eigenvalue weighted by Crippen LogP contribution is 2.21. The molecule has 156 valence electrons. The van der Waals surface area contributed by atoms with Crippen molar-refractivity contribution in [2.45, 2.75) is 32.4 Å². The molecule has 1 N–H and O–H groups in total. The first-order valence-corrected chi connectivity index (χ1v) is 9.75. The lowest BCUT2D eigenvalue weighted by Crippen LogP contribution is -2.46. The van der Waals surface area contributed by atoms with Crippen LogP contribution in [0.5, 0.6) is 0 Å². The summed E-state index contributed by atoms with van der Waals surface area (Å²) in [6.07, 6.45) is 1.47. The van der Waals surface area contributed by atoms with Crippen molar-refractivity contribution in [3.8, 4) is 0 Å². The summed E-state index contributed by atoms with van der Waals surface area (Å²) >= 11 is 0. The Balaban J connectivity index is 1.55. The number of benzene rings is 1. The number of carbonyl (C=O) groups is 2. The number of piperidine rings is 1. The van der Waals surface area contributed by atoms with Crippen molar-refractivity contribution in [3.05, 3.63) is 53.1 Å². The van der Waals surface area contributed by atoms with Crippen LogP contribution in [0.15, 0.2) is 30.3 Å². The van der Waals surface area contributed by atoms with Gasteiger partial charge in [0.1, 0.15) is 5.82 Å². The maximum absolute atomic E-state index is 13.3. The van der Waals surface area contributed by atoms with Crippen molar-refractivity contribution in [3.63, 3.8) is 0 Å². The van der Waals surface area contributed by atoms with E-state index in [1.807, 2.05) is 12.1 Å². The van der Waals surface area contributed by atoms with Crippen LogP contribution in [-0.4, -0.2) is 59.1 Å². The maximum atomic E-state index is 13.3. The molecule has 0 saturated carbocycles. The fraction of sp³-hybridized carbons (Fsp3) is 0.476. The minimum atomic E-state index is -0.283. The molecule has 2 amide bonds. The molecule has 2 aromatic rings. The minimum absolute atomic E-state index is 0.0103. The molecule has 1 aromatic carbocycles. The smallest absolute Gasteiger partial charge is 0.227 e. The first-order chi connectivity index (χ1) is 14.0. The molecule has 0 radical (unpaired) electrons. The second-order valence-corrected chi connectivity index (χ2v) is 7.47. The molecular formula is C21H27FN4O3. The van der Waals surface area contributed by atoms with Crippen molar-refractivity contribution in [1.29, 1.82) is 0 Å². The SMILES string of the molecule is COCc1cc(CN(C)C(=O)[C@@H]2CCC(=O)N(CCc3cccc(F)c3)C2)[nH]n1. The third-order valence-electron chi connectivity index (χ3n) is 5.17. The molecule has 1 aliphatic rings. The van der Waals surface area contributed by atoms with E-state index in [1.165, 1.54) is 12.1 Å². The number of nitrogens with zero attached hydrogens (tertiary/aromatic N) is 3. The number of aromatic nitrogens is 2. The first kappa shape index (κ1) is 21.0. The Kier molecular flexibility index (Phi) is 6.98. The molecule has 1 aromatic heterocycles. The predicted molar refractivity (Wildman–Crippen MR) is 105 cm³/mol. The summed E-state index contributed by atoms with van der Waals surface area (Å²) in [5, 5.41) is 7.06. The zero-order valence-corrected chi connectivity index (χ0v) is 16.9. The van der Waals surface area contributed by atoms with Gasteiger partial charge in [-0.05, 0) is 36.6 Å². The van der Waals surface area contributed by atoms with Gasteiger partial charge in [0.05, 0.1) is 30.5 Å². The van der Waals surface area contributed by atoms with E-state index in [4.69, 9.17) is 4.74 Å². The Morgan fingerprint density at radius 3 is 3.00 bits per heavy atom. The molecule has 0 spiro atoms. The van der Waals surface area contributed by atoms with Gasteiger partial charge in [0.15, 0.2) is 0 Å². The molecule has 1 saturated heterocycles. The Labute approximate surface area is 169 Å². The van der Waals surface area contributed by atoms with E-state index in [-0.39, 0.29) is 23.5 Å². The van der Waals surface area contributed by atoms with E-state index in [2.05, 4.69) is 10.2 Å². The molecule has 1 aliphatic heterocycles. The fourth-order valence-electron chi connectivity index (χ4n) is 3.65. The molecule has 8 heteroatoms. The zero-order valence-electron chi connectivity index (χ0n) is 16.9. The average molecular weight is 402 g/mol.